The van der Waals surface area contributed by atoms with E-state index >= 15 is 0 Å². The Kier molecular flexibility index (Phi) is 9.06. The molecule has 150 valence electrons. The van der Waals surface area contributed by atoms with Crippen LogP contribution in [0.5, 0.6) is 0 Å². The highest BCUT2D eigenvalue weighted by Gasteiger charge is 2.06. The van der Waals surface area contributed by atoms with Gasteiger partial charge in [0.1, 0.15) is 0 Å². The first kappa shape index (κ1) is 22.0. The monoisotopic (exact) mass is 492 g/mol. The van der Waals surface area contributed by atoms with Crippen molar-refractivity contribution in [3.8, 4) is 5.69 Å². The summed E-state index contributed by atoms with van der Waals surface area (Å²) in [5.41, 5.74) is 3.47. The van der Waals surface area contributed by atoms with Crippen LogP contribution < -0.4 is 10.6 Å². The van der Waals surface area contributed by atoms with Crippen molar-refractivity contribution in [2.75, 3.05) is 20.1 Å². The molecule has 2 aromatic heterocycles. The summed E-state index contributed by atoms with van der Waals surface area (Å²) in [4.78, 5) is 4.28. The second kappa shape index (κ2) is 11.5. The third-order valence-corrected chi connectivity index (χ3v) is 4.49. The molecular weight excluding hydrogens is 463 g/mol. The molecule has 0 aliphatic carbocycles. The van der Waals surface area contributed by atoms with Crippen LogP contribution in [-0.4, -0.2) is 40.4 Å². The molecule has 2 N–H and O–H groups in total. The van der Waals surface area contributed by atoms with Crippen molar-refractivity contribution in [3.05, 3.63) is 72.3 Å². The van der Waals surface area contributed by atoms with E-state index in [0.29, 0.717) is 0 Å². The van der Waals surface area contributed by atoms with E-state index in [0.717, 1.165) is 49.8 Å². The van der Waals surface area contributed by atoms with Gasteiger partial charge in [-0.05, 0) is 49.6 Å². The first-order chi connectivity index (χ1) is 13.3. The molecule has 28 heavy (non-hydrogen) atoms. The zero-order valence-electron chi connectivity index (χ0n) is 16.5. The van der Waals surface area contributed by atoms with E-state index in [1.807, 2.05) is 35.0 Å². The molecule has 0 aliphatic heterocycles. The first-order valence-corrected chi connectivity index (χ1v) is 9.42. The van der Waals surface area contributed by atoms with Gasteiger partial charge in [0.2, 0.25) is 0 Å². The van der Waals surface area contributed by atoms with Gasteiger partial charge in [-0.2, -0.15) is 5.10 Å². The number of hydrogen-bond acceptors (Lipinski definition) is 2. The van der Waals surface area contributed by atoms with Gasteiger partial charge in [0, 0.05) is 45.3 Å². The van der Waals surface area contributed by atoms with Crippen molar-refractivity contribution >= 4 is 29.9 Å². The third-order valence-electron chi connectivity index (χ3n) is 4.49. The van der Waals surface area contributed by atoms with Gasteiger partial charge in [0.25, 0.3) is 0 Å². The predicted octanol–water partition coefficient (Wildman–Crippen LogP) is 3.40. The molecule has 0 amide bonds. The van der Waals surface area contributed by atoms with Gasteiger partial charge in [0.15, 0.2) is 5.96 Å². The number of hydrogen-bond donors (Lipinski definition) is 2. The minimum atomic E-state index is 0. The Morgan fingerprint density at radius 2 is 1.75 bits per heavy atom. The molecular formula is C21H29IN6. The minimum absolute atomic E-state index is 0. The molecule has 3 aromatic rings. The third kappa shape index (κ3) is 6.40. The SMILES string of the molecule is CN=C(NCCCc1cn(-c2ccccc2)nc1C)NCCn1cccc1.I. The molecule has 0 atom stereocenters. The molecule has 0 saturated carbocycles. The van der Waals surface area contributed by atoms with E-state index in [-0.39, 0.29) is 24.0 Å². The lowest BCUT2D eigenvalue weighted by atomic mass is 10.1. The number of aryl methyl sites for hydroxylation is 2. The molecule has 6 nitrogen and oxygen atoms in total. The zero-order chi connectivity index (χ0) is 18.9. The van der Waals surface area contributed by atoms with Crippen LogP contribution in [0.25, 0.3) is 5.69 Å². The average molecular weight is 492 g/mol. The number of guanidine groups is 1. The molecule has 0 radical (unpaired) electrons. The zero-order valence-corrected chi connectivity index (χ0v) is 18.8. The predicted molar refractivity (Wildman–Crippen MR) is 126 cm³/mol. The minimum Gasteiger partial charge on any atom is -0.356 e. The van der Waals surface area contributed by atoms with Crippen molar-refractivity contribution in [2.24, 2.45) is 4.99 Å². The van der Waals surface area contributed by atoms with Gasteiger partial charge in [-0.25, -0.2) is 4.68 Å². The second-order valence-corrected chi connectivity index (χ2v) is 6.47. The van der Waals surface area contributed by atoms with Crippen molar-refractivity contribution in [3.63, 3.8) is 0 Å². The Morgan fingerprint density at radius 3 is 2.46 bits per heavy atom. The summed E-state index contributed by atoms with van der Waals surface area (Å²) in [6.45, 7) is 4.71. The van der Waals surface area contributed by atoms with Gasteiger partial charge < -0.3 is 15.2 Å². The molecule has 0 aliphatic rings. The summed E-state index contributed by atoms with van der Waals surface area (Å²) in [5.74, 6) is 0.846. The van der Waals surface area contributed by atoms with Crippen molar-refractivity contribution in [2.45, 2.75) is 26.3 Å². The van der Waals surface area contributed by atoms with Crippen molar-refractivity contribution < 1.29 is 0 Å². The fourth-order valence-electron chi connectivity index (χ4n) is 2.98. The average Bonchev–Trinajstić information content (AvgIpc) is 3.34. The molecule has 1 aromatic carbocycles. The van der Waals surface area contributed by atoms with Gasteiger partial charge in [-0.15, -0.1) is 24.0 Å². The van der Waals surface area contributed by atoms with E-state index in [4.69, 9.17) is 0 Å². The number of benzene rings is 1. The highest BCUT2D eigenvalue weighted by Crippen LogP contribution is 2.13. The van der Waals surface area contributed by atoms with Crippen LogP contribution >= 0.6 is 24.0 Å². The number of nitrogens with one attached hydrogen (secondary N) is 2. The fourth-order valence-corrected chi connectivity index (χ4v) is 2.98. The topological polar surface area (TPSA) is 59.2 Å². The Bertz CT molecular complexity index is 839. The molecule has 0 saturated heterocycles. The van der Waals surface area contributed by atoms with Crippen LogP contribution in [0.4, 0.5) is 0 Å². The quantitative estimate of drug-likeness (QED) is 0.219. The highest BCUT2D eigenvalue weighted by atomic mass is 127. The lowest BCUT2D eigenvalue weighted by molar-refractivity contribution is 0.661. The molecule has 0 fully saturated rings. The number of aromatic nitrogens is 3. The van der Waals surface area contributed by atoms with Crippen LogP contribution in [-0.2, 0) is 13.0 Å². The molecule has 0 bridgehead atoms. The van der Waals surface area contributed by atoms with Crippen LogP contribution in [0.15, 0.2) is 66.0 Å². The van der Waals surface area contributed by atoms with Gasteiger partial charge in [-0.1, -0.05) is 18.2 Å². The van der Waals surface area contributed by atoms with Crippen molar-refractivity contribution in [1.82, 2.24) is 25.0 Å². The summed E-state index contributed by atoms with van der Waals surface area (Å²) < 4.78 is 4.10. The van der Waals surface area contributed by atoms with Crippen LogP contribution in [0.3, 0.4) is 0 Å². The summed E-state index contributed by atoms with van der Waals surface area (Å²) in [7, 11) is 1.80. The number of halogens is 1. The normalized spacial score (nSPS) is 11.1. The number of para-hydroxylation sites is 1. The van der Waals surface area contributed by atoms with E-state index in [2.05, 4.69) is 62.9 Å². The second-order valence-electron chi connectivity index (χ2n) is 6.47. The van der Waals surface area contributed by atoms with Crippen LogP contribution in [0, 0.1) is 6.92 Å². The molecule has 2 heterocycles. The van der Waals surface area contributed by atoms with Crippen LogP contribution in [0.1, 0.15) is 17.7 Å². The summed E-state index contributed by atoms with van der Waals surface area (Å²) in [6.07, 6.45) is 8.28. The maximum atomic E-state index is 4.63. The Morgan fingerprint density at radius 1 is 1.04 bits per heavy atom. The summed E-state index contributed by atoms with van der Waals surface area (Å²) >= 11 is 0. The summed E-state index contributed by atoms with van der Waals surface area (Å²) in [6, 6.07) is 14.3. The molecule has 7 heteroatoms. The van der Waals surface area contributed by atoms with E-state index in [1.165, 1.54) is 5.56 Å². The molecule has 0 spiro atoms. The van der Waals surface area contributed by atoms with Crippen LogP contribution in [0.2, 0.25) is 0 Å². The lowest BCUT2D eigenvalue weighted by Crippen LogP contribution is -2.39. The van der Waals surface area contributed by atoms with E-state index in [1.54, 1.807) is 7.05 Å². The molecule has 0 unspecified atom stereocenters. The number of aliphatic imine (C=N–C) groups is 1. The van der Waals surface area contributed by atoms with Gasteiger partial charge >= 0.3 is 0 Å². The Balaban J connectivity index is 0.00000280. The standard InChI is InChI=1S/C21H28N6.HI/c1-18-19(17-27(25-18)20-10-4-3-5-11-20)9-8-12-23-21(22-2)24-13-16-26-14-6-7-15-26;/h3-7,10-11,14-15,17H,8-9,12-13,16H2,1-2H3,(H2,22,23,24);1H. The highest BCUT2D eigenvalue weighted by molar-refractivity contribution is 14.0. The van der Waals surface area contributed by atoms with Gasteiger partial charge in [-0.3, -0.25) is 4.99 Å². The maximum absolute atomic E-state index is 4.63. The van der Waals surface area contributed by atoms with Crippen molar-refractivity contribution in [1.29, 1.82) is 0 Å². The molecule has 3 rings (SSSR count). The Labute approximate surface area is 184 Å². The first-order valence-electron chi connectivity index (χ1n) is 9.42. The lowest BCUT2D eigenvalue weighted by Gasteiger charge is -2.12. The van der Waals surface area contributed by atoms with Gasteiger partial charge in [0.05, 0.1) is 11.4 Å². The summed E-state index contributed by atoms with van der Waals surface area (Å²) in [5, 5.41) is 11.4. The van der Waals surface area contributed by atoms with E-state index < -0.39 is 0 Å². The fraction of sp³-hybridized carbons (Fsp3) is 0.333. The largest absolute Gasteiger partial charge is 0.356 e. The smallest absolute Gasteiger partial charge is 0.191 e. The van der Waals surface area contributed by atoms with E-state index in [9.17, 15) is 0 Å². The number of rotatable bonds is 8. The number of nitrogens with zero attached hydrogens (tertiary/aromatic N) is 4. The maximum Gasteiger partial charge on any atom is 0.191 e. The Hall–Kier alpha value is -2.29.